The molecule has 10 heteroatoms. The van der Waals surface area contributed by atoms with Gasteiger partial charge in [0.2, 0.25) is 23.6 Å². The van der Waals surface area contributed by atoms with Gasteiger partial charge in [0, 0.05) is 32.7 Å². The second-order valence-corrected chi connectivity index (χ2v) is 15.1. The van der Waals surface area contributed by atoms with Gasteiger partial charge in [-0.25, -0.2) is 0 Å². The van der Waals surface area contributed by atoms with Gasteiger partial charge in [0.15, 0.2) is 0 Å². The number of likely N-dealkylation sites (N-methyl/N-ethyl adjacent to an activating group) is 2. The van der Waals surface area contributed by atoms with E-state index in [2.05, 4.69) is 34.3 Å². The van der Waals surface area contributed by atoms with Gasteiger partial charge in [-0.1, -0.05) is 71.4 Å². The fourth-order valence-corrected chi connectivity index (χ4v) is 7.40. The van der Waals surface area contributed by atoms with Gasteiger partial charge in [0.25, 0.3) is 0 Å². The van der Waals surface area contributed by atoms with E-state index < -0.39 is 17.5 Å². The number of hydrogen-bond donors (Lipinski definition) is 2. The Kier molecular flexibility index (Phi) is 12.3. The second kappa shape index (κ2) is 15.7. The SMILES string of the molecule is CC(C)[C@@H](CN1CCCC1C(=O)N1CCCC1C(=O)NCc1ccccc1)N(C)C(=O)[C@@H](NC(=O)C1CCCCN1C)C(C)(C)C. The van der Waals surface area contributed by atoms with Crippen LogP contribution in [0.2, 0.25) is 0 Å². The fraction of sp³-hybridized carbons (Fsp3) is 0.722. The molecule has 3 fully saturated rings. The lowest BCUT2D eigenvalue weighted by Crippen LogP contribution is -2.61. The molecule has 4 amide bonds. The highest BCUT2D eigenvalue weighted by Crippen LogP contribution is 2.28. The number of benzene rings is 1. The third-order valence-corrected chi connectivity index (χ3v) is 10.3. The van der Waals surface area contributed by atoms with Crippen LogP contribution in [0.4, 0.5) is 0 Å². The van der Waals surface area contributed by atoms with Crippen LogP contribution in [0.5, 0.6) is 0 Å². The predicted octanol–water partition coefficient (Wildman–Crippen LogP) is 3.26. The molecule has 3 aliphatic heterocycles. The van der Waals surface area contributed by atoms with Crippen molar-refractivity contribution in [2.24, 2.45) is 11.3 Å². The summed E-state index contributed by atoms with van der Waals surface area (Å²) in [7, 11) is 3.82. The number of carbonyl (C=O) groups is 4. The fourth-order valence-electron chi connectivity index (χ4n) is 7.40. The van der Waals surface area contributed by atoms with E-state index in [-0.39, 0.29) is 47.7 Å². The van der Waals surface area contributed by atoms with Gasteiger partial charge < -0.3 is 20.4 Å². The van der Waals surface area contributed by atoms with Crippen molar-refractivity contribution in [2.45, 2.75) is 116 Å². The average Bonchev–Trinajstić information content (AvgIpc) is 3.70. The highest BCUT2D eigenvalue weighted by molar-refractivity contribution is 5.91. The Hall–Kier alpha value is -2.98. The summed E-state index contributed by atoms with van der Waals surface area (Å²) in [6, 6.07) is 8.01. The van der Waals surface area contributed by atoms with E-state index in [4.69, 9.17) is 0 Å². The van der Waals surface area contributed by atoms with Crippen LogP contribution in [0.25, 0.3) is 0 Å². The van der Waals surface area contributed by atoms with Crippen LogP contribution in [0.3, 0.4) is 0 Å². The molecule has 3 saturated heterocycles. The van der Waals surface area contributed by atoms with Crippen LogP contribution in [-0.2, 0) is 25.7 Å². The highest BCUT2D eigenvalue weighted by atomic mass is 16.2. The van der Waals surface area contributed by atoms with Crippen LogP contribution in [0, 0.1) is 11.3 Å². The number of piperidine rings is 1. The van der Waals surface area contributed by atoms with Crippen LogP contribution in [-0.4, -0.2) is 114 Å². The summed E-state index contributed by atoms with van der Waals surface area (Å²) in [6.07, 6.45) is 6.01. The van der Waals surface area contributed by atoms with Crippen molar-refractivity contribution in [3.8, 4) is 0 Å². The molecule has 0 spiro atoms. The zero-order valence-corrected chi connectivity index (χ0v) is 29.3. The normalized spacial score (nSPS) is 24.1. The Morgan fingerprint density at radius 2 is 1.52 bits per heavy atom. The molecule has 0 radical (unpaired) electrons. The van der Waals surface area contributed by atoms with Crippen LogP contribution in [0.1, 0.15) is 85.1 Å². The van der Waals surface area contributed by atoms with E-state index in [9.17, 15) is 19.2 Å². The van der Waals surface area contributed by atoms with Gasteiger partial charge in [-0.05, 0) is 75.6 Å². The van der Waals surface area contributed by atoms with Gasteiger partial charge in [0.1, 0.15) is 12.1 Å². The summed E-state index contributed by atoms with van der Waals surface area (Å²) in [4.78, 5) is 62.7. The first-order valence-electron chi connectivity index (χ1n) is 17.4. The Bertz CT molecular complexity index is 1200. The zero-order valence-electron chi connectivity index (χ0n) is 29.3. The molecule has 0 bridgehead atoms. The summed E-state index contributed by atoms with van der Waals surface area (Å²) >= 11 is 0. The first kappa shape index (κ1) is 35.9. The minimum atomic E-state index is -0.669. The number of nitrogens with one attached hydrogen (secondary N) is 2. The summed E-state index contributed by atoms with van der Waals surface area (Å²) in [5.74, 6) is -0.130. The maximum Gasteiger partial charge on any atom is 0.245 e. The molecule has 3 heterocycles. The van der Waals surface area contributed by atoms with Crippen molar-refractivity contribution >= 4 is 23.6 Å². The summed E-state index contributed by atoms with van der Waals surface area (Å²) in [6.45, 7) is 13.4. The molecule has 4 rings (SSSR count). The van der Waals surface area contributed by atoms with Gasteiger partial charge in [-0.15, -0.1) is 0 Å². The quantitative estimate of drug-likeness (QED) is 0.386. The van der Waals surface area contributed by atoms with E-state index in [1.165, 1.54) is 0 Å². The molecule has 5 atom stereocenters. The van der Waals surface area contributed by atoms with Crippen LogP contribution >= 0.6 is 0 Å². The highest BCUT2D eigenvalue weighted by Gasteiger charge is 2.43. The van der Waals surface area contributed by atoms with Gasteiger partial charge in [-0.2, -0.15) is 0 Å². The van der Waals surface area contributed by atoms with E-state index >= 15 is 0 Å². The second-order valence-electron chi connectivity index (χ2n) is 15.1. The molecule has 3 unspecified atom stereocenters. The summed E-state index contributed by atoms with van der Waals surface area (Å²) < 4.78 is 0. The number of nitrogens with zero attached hydrogens (tertiary/aromatic N) is 4. The minimum absolute atomic E-state index is 0.0165. The summed E-state index contributed by atoms with van der Waals surface area (Å²) in [5, 5.41) is 6.18. The van der Waals surface area contributed by atoms with Crippen molar-refractivity contribution in [3.63, 3.8) is 0 Å². The van der Waals surface area contributed by atoms with Crippen LogP contribution < -0.4 is 10.6 Å². The molecule has 3 aliphatic rings. The third kappa shape index (κ3) is 8.68. The Balaban J connectivity index is 1.42. The first-order chi connectivity index (χ1) is 21.8. The van der Waals surface area contributed by atoms with Crippen molar-refractivity contribution in [2.75, 3.05) is 40.3 Å². The van der Waals surface area contributed by atoms with E-state index in [0.29, 0.717) is 26.1 Å². The molecule has 2 N–H and O–H groups in total. The number of amides is 4. The minimum Gasteiger partial charge on any atom is -0.350 e. The Labute approximate surface area is 276 Å². The van der Waals surface area contributed by atoms with Crippen molar-refractivity contribution in [1.82, 2.24) is 30.2 Å². The van der Waals surface area contributed by atoms with Crippen molar-refractivity contribution < 1.29 is 19.2 Å². The Morgan fingerprint density at radius 1 is 0.870 bits per heavy atom. The van der Waals surface area contributed by atoms with E-state index in [0.717, 1.165) is 57.2 Å². The molecular formula is C36H58N6O4. The third-order valence-electron chi connectivity index (χ3n) is 10.3. The molecule has 0 aromatic heterocycles. The molecule has 10 nitrogen and oxygen atoms in total. The van der Waals surface area contributed by atoms with Crippen LogP contribution in [0.15, 0.2) is 30.3 Å². The first-order valence-corrected chi connectivity index (χ1v) is 17.4. The van der Waals surface area contributed by atoms with Gasteiger partial charge in [0.05, 0.1) is 12.1 Å². The smallest absolute Gasteiger partial charge is 0.245 e. The summed E-state index contributed by atoms with van der Waals surface area (Å²) in [5.41, 5.74) is 0.551. The molecule has 0 aliphatic carbocycles. The van der Waals surface area contributed by atoms with Gasteiger partial charge in [-0.3, -0.25) is 29.0 Å². The lowest BCUT2D eigenvalue weighted by atomic mass is 9.84. The van der Waals surface area contributed by atoms with E-state index in [1.54, 1.807) is 9.80 Å². The van der Waals surface area contributed by atoms with Gasteiger partial charge >= 0.3 is 0 Å². The molecule has 256 valence electrons. The average molecular weight is 639 g/mol. The molecule has 1 aromatic rings. The number of likely N-dealkylation sites (tertiary alicyclic amines) is 3. The maximum absolute atomic E-state index is 14.2. The molecule has 1 aromatic carbocycles. The zero-order chi connectivity index (χ0) is 33.6. The largest absolute Gasteiger partial charge is 0.350 e. The Morgan fingerprint density at radius 3 is 2.17 bits per heavy atom. The standard InChI is InChI=1S/C36H58N6O4/c1-25(2)30(40(7)35(46)31(36(3,4)5)38-33(44)27-17-11-12-20-39(27)6)24-41-21-13-19-29(41)34(45)42-22-14-18-28(42)32(43)37-23-26-15-9-8-10-16-26/h8-10,15-16,25,27-31H,11-14,17-24H2,1-7H3,(H,37,43)(H,38,44)/t27?,28?,29?,30-,31-/m1/s1. The molecular weight excluding hydrogens is 580 g/mol. The van der Waals surface area contributed by atoms with Crippen molar-refractivity contribution in [1.29, 1.82) is 0 Å². The topological polar surface area (TPSA) is 105 Å². The monoisotopic (exact) mass is 638 g/mol. The van der Waals surface area contributed by atoms with Crippen molar-refractivity contribution in [3.05, 3.63) is 35.9 Å². The molecule has 46 heavy (non-hydrogen) atoms. The lowest BCUT2D eigenvalue weighted by molar-refractivity contribution is -0.144. The maximum atomic E-state index is 14.2. The predicted molar refractivity (Wildman–Crippen MR) is 181 cm³/mol. The lowest BCUT2D eigenvalue weighted by Gasteiger charge is -2.41. The van der Waals surface area contributed by atoms with E-state index in [1.807, 2.05) is 65.2 Å². The number of hydrogen-bond acceptors (Lipinski definition) is 6. The number of carbonyl (C=O) groups excluding carboxylic acids is 4. The molecule has 0 saturated carbocycles. The number of rotatable bonds is 11.